The van der Waals surface area contributed by atoms with Crippen molar-refractivity contribution < 1.29 is 32.6 Å². The van der Waals surface area contributed by atoms with E-state index in [1.165, 1.54) is 48.2 Å². The molecular weight excluding hydrogens is 560 g/mol. The monoisotopic (exact) mass is 594 g/mol. The van der Waals surface area contributed by atoms with Gasteiger partial charge in [0, 0.05) is 57.9 Å². The van der Waals surface area contributed by atoms with Crippen molar-refractivity contribution in [2.24, 2.45) is 0 Å². The molecule has 3 heterocycles. The molecule has 1 N–H and O–H groups in total. The smallest absolute Gasteiger partial charge is 0.296 e. The summed E-state index contributed by atoms with van der Waals surface area (Å²) in [5.74, 6) is -3.10. The van der Waals surface area contributed by atoms with Crippen molar-refractivity contribution in [1.29, 1.82) is 0 Å². The minimum atomic E-state index is -3.88. The highest BCUT2D eigenvalue weighted by Crippen LogP contribution is 2.53. The van der Waals surface area contributed by atoms with Crippen LogP contribution in [0, 0.1) is 0 Å². The van der Waals surface area contributed by atoms with Crippen molar-refractivity contribution in [1.82, 2.24) is 14.1 Å². The summed E-state index contributed by atoms with van der Waals surface area (Å²) in [6, 6.07) is 12.3. The maximum atomic E-state index is 14.5. The number of nitrogens with zero attached hydrogens (tertiary/aromatic N) is 4. The van der Waals surface area contributed by atoms with Crippen LogP contribution in [0.15, 0.2) is 71.7 Å². The van der Waals surface area contributed by atoms with Gasteiger partial charge in [0.05, 0.1) is 29.4 Å². The molecule has 3 aliphatic rings. The van der Waals surface area contributed by atoms with Gasteiger partial charge in [-0.2, -0.15) is 0 Å². The molecule has 222 valence electrons. The Hall–Kier alpha value is -3.84. The summed E-state index contributed by atoms with van der Waals surface area (Å²) in [5, 5.41) is 11.7. The number of ketones is 1. The Bertz CT molecular complexity index is 1580. The topological polar surface area (TPSA) is 128 Å². The van der Waals surface area contributed by atoms with Crippen LogP contribution in [0.5, 0.6) is 0 Å². The van der Waals surface area contributed by atoms with E-state index in [4.69, 9.17) is 4.74 Å². The number of morpholine rings is 1. The van der Waals surface area contributed by atoms with Crippen LogP contribution in [0.4, 0.5) is 5.69 Å². The van der Waals surface area contributed by atoms with Crippen LogP contribution in [-0.2, 0) is 34.7 Å². The molecule has 1 atom stereocenters. The van der Waals surface area contributed by atoms with E-state index in [1.807, 2.05) is 0 Å². The Kier molecular flexibility index (Phi) is 8.08. The molecule has 0 aliphatic carbocycles. The molecule has 0 radical (unpaired) electrons. The molecule has 12 heteroatoms. The van der Waals surface area contributed by atoms with Crippen molar-refractivity contribution in [2.45, 2.75) is 16.9 Å². The quantitative estimate of drug-likeness (QED) is 0.201. The molecule has 42 heavy (non-hydrogen) atoms. The van der Waals surface area contributed by atoms with Gasteiger partial charge in [-0.1, -0.05) is 36.4 Å². The lowest BCUT2D eigenvalue weighted by atomic mass is 9.82. The fourth-order valence-electron chi connectivity index (χ4n) is 5.91. The third-order valence-corrected chi connectivity index (χ3v) is 9.78. The summed E-state index contributed by atoms with van der Waals surface area (Å²) in [4.78, 5) is 46.8. The normalized spacial score (nSPS) is 22.4. The highest BCUT2D eigenvalue weighted by Gasteiger charge is 2.66. The van der Waals surface area contributed by atoms with E-state index in [1.54, 1.807) is 30.3 Å². The van der Waals surface area contributed by atoms with Crippen molar-refractivity contribution in [2.75, 3.05) is 64.9 Å². The lowest BCUT2D eigenvalue weighted by Crippen LogP contribution is -2.52. The molecule has 2 saturated heterocycles. The van der Waals surface area contributed by atoms with E-state index in [9.17, 15) is 27.9 Å². The summed E-state index contributed by atoms with van der Waals surface area (Å²) in [5.41, 5.74) is -1.43. The number of ether oxygens (including phenoxy) is 1. The highest BCUT2D eigenvalue weighted by molar-refractivity contribution is 7.89. The largest absolute Gasteiger partial charge is 0.507 e. The zero-order valence-corrected chi connectivity index (χ0v) is 24.5. The van der Waals surface area contributed by atoms with Gasteiger partial charge in [-0.15, -0.1) is 6.58 Å². The van der Waals surface area contributed by atoms with E-state index in [0.29, 0.717) is 37.4 Å². The molecule has 2 aromatic carbocycles. The predicted octanol–water partition coefficient (Wildman–Crippen LogP) is 1.77. The van der Waals surface area contributed by atoms with Crippen molar-refractivity contribution in [3.63, 3.8) is 0 Å². The lowest BCUT2D eigenvalue weighted by Gasteiger charge is -2.35. The van der Waals surface area contributed by atoms with E-state index in [-0.39, 0.29) is 29.1 Å². The number of para-hydroxylation sites is 1. The Labute approximate surface area is 245 Å². The van der Waals surface area contributed by atoms with Gasteiger partial charge < -0.3 is 19.6 Å². The van der Waals surface area contributed by atoms with Gasteiger partial charge in [-0.3, -0.25) is 19.3 Å². The number of likely N-dealkylation sites (tertiary alicyclic amines) is 1. The van der Waals surface area contributed by atoms with Gasteiger partial charge in [0.15, 0.2) is 5.54 Å². The summed E-state index contributed by atoms with van der Waals surface area (Å²) >= 11 is 0. The van der Waals surface area contributed by atoms with Crippen LogP contribution in [0.2, 0.25) is 0 Å². The number of carbonyl (C=O) groups excluding carboxylic acids is 3. The Morgan fingerprint density at radius 2 is 1.79 bits per heavy atom. The zero-order chi connectivity index (χ0) is 30.2. The Balaban J connectivity index is 1.68. The average Bonchev–Trinajstić information content (AvgIpc) is 3.36. The van der Waals surface area contributed by atoms with Gasteiger partial charge in [0.2, 0.25) is 10.0 Å². The molecule has 11 nitrogen and oxygen atoms in total. The van der Waals surface area contributed by atoms with Crippen LogP contribution < -0.4 is 4.90 Å². The number of aliphatic hydroxyl groups is 1. The summed E-state index contributed by atoms with van der Waals surface area (Å²) in [6.07, 6.45) is 2.02. The summed E-state index contributed by atoms with van der Waals surface area (Å²) < 4.78 is 32.1. The van der Waals surface area contributed by atoms with Gasteiger partial charge in [0.1, 0.15) is 5.76 Å². The molecule has 2 fully saturated rings. The number of benzene rings is 2. The number of hydrogen-bond donors (Lipinski definition) is 1. The third kappa shape index (κ3) is 4.64. The summed E-state index contributed by atoms with van der Waals surface area (Å²) in [7, 11) is -1.12. The van der Waals surface area contributed by atoms with Crippen LogP contribution in [0.25, 0.3) is 5.76 Å². The van der Waals surface area contributed by atoms with E-state index >= 15 is 0 Å². The number of amides is 2. The van der Waals surface area contributed by atoms with E-state index in [0.717, 1.165) is 17.4 Å². The fraction of sp³-hybridized carbons (Fsp3) is 0.367. The SMILES string of the molecule is C=CCN1C(=O)C2(/C(=C(\O)c3cccc(S(=O)(=O)N(C)C)c3)C(=O)C(=O)N2CCCN2CCOCC2)c2ccccc21. The third-order valence-electron chi connectivity index (χ3n) is 7.97. The molecule has 2 aromatic rings. The maximum Gasteiger partial charge on any atom is 0.296 e. The predicted molar refractivity (Wildman–Crippen MR) is 156 cm³/mol. The molecule has 0 bridgehead atoms. The molecule has 0 aromatic heterocycles. The molecule has 1 unspecified atom stereocenters. The van der Waals surface area contributed by atoms with Crippen LogP contribution in [-0.4, -0.2) is 105 Å². The van der Waals surface area contributed by atoms with Crippen LogP contribution in [0.3, 0.4) is 0 Å². The lowest BCUT2D eigenvalue weighted by molar-refractivity contribution is -0.143. The molecule has 3 aliphatic heterocycles. The summed E-state index contributed by atoms with van der Waals surface area (Å²) in [6.45, 7) is 7.28. The number of rotatable bonds is 9. The maximum absolute atomic E-state index is 14.5. The fourth-order valence-corrected chi connectivity index (χ4v) is 6.86. The van der Waals surface area contributed by atoms with E-state index in [2.05, 4.69) is 11.5 Å². The first-order valence-electron chi connectivity index (χ1n) is 13.7. The second kappa shape index (κ2) is 11.4. The number of hydrogen-bond acceptors (Lipinski definition) is 8. The average molecular weight is 595 g/mol. The number of aliphatic hydroxyl groups excluding tert-OH is 1. The Morgan fingerprint density at radius 3 is 2.48 bits per heavy atom. The number of Topliss-reactive ketones (excluding diaryl/α,β-unsaturated/α-hetero) is 1. The van der Waals surface area contributed by atoms with Crippen molar-refractivity contribution in [3.8, 4) is 0 Å². The number of fused-ring (bicyclic) bond motifs is 2. The zero-order valence-electron chi connectivity index (χ0n) is 23.7. The molecule has 1 spiro atoms. The van der Waals surface area contributed by atoms with Crippen LogP contribution in [0.1, 0.15) is 17.5 Å². The minimum Gasteiger partial charge on any atom is -0.507 e. The van der Waals surface area contributed by atoms with Crippen molar-refractivity contribution >= 4 is 39.1 Å². The van der Waals surface area contributed by atoms with Gasteiger partial charge >= 0.3 is 0 Å². The first-order valence-corrected chi connectivity index (χ1v) is 15.2. The molecule has 0 saturated carbocycles. The van der Waals surface area contributed by atoms with Crippen molar-refractivity contribution in [3.05, 3.63) is 77.9 Å². The highest BCUT2D eigenvalue weighted by atomic mass is 32.2. The first-order chi connectivity index (χ1) is 20.1. The van der Waals surface area contributed by atoms with Gasteiger partial charge in [-0.25, -0.2) is 12.7 Å². The van der Waals surface area contributed by atoms with E-state index < -0.39 is 38.9 Å². The molecular formula is C30H34N4O7S. The number of anilines is 1. The first kappa shape index (κ1) is 29.6. The second-order valence-corrected chi connectivity index (χ2v) is 12.7. The number of sulfonamides is 1. The van der Waals surface area contributed by atoms with Gasteiger partial charge in [-0.05, 0) is 24.6 Å². The van der Waals surface area contributed by atoms with Gasteiger partial charge in [0.25, 0.3) is 17.6 Å². The minimum absolute atomic E-state index is 0.00364. The van der Waals surface area contributed by atoms with Crippen LogP contribution >= 0.6 is 0 Å². The number of carbonyl (C=O) groups is 3. The Morgan fingerprint density at radius 1 is 1.07 bits per heavy atom. The molecule has 2 amide bonds. The second-order valence-electron chi connectivity index (χ2n) is 10.6. The standard InChI is InChI=1S/C30H34N4O7S/c1-4-13-33-24-12-6-5-11-23(24)30(29(33)38)25(26(35)21-9-7-10-22(20-21)42(39,40)31(2)3)27(36)28(37)34(30)15-8-14-32-16-18-41-19-17-32/h4-7,9-12,20,35H,1,8,13-19H2,2-3H3/b26-25-. The molecule has 5 rings (SSSR count).